The number of amides is 4. The second kappa shape index (κ2) is 11.7. The van der Waals surface area contributed by atoms with E-state index >= 15 is 8.78 Å². The summed E-state index contributed by atoms with van der Waals surface area (Å²) in [5, 5.41) is 4.81. The first-order valence-electron chi connectivity index (χ1n) is 13.3. The van der Waals surface area contributed by atoms with Crippen LogP contribution in [0.2, 0.25) is 0 Å². The Balaban J connectivity index is 2.00. The van der Waals surface area contributed by atoms with Crippen molar-refractivity contribution in [2.45, 2.75) is 89.1 Å². The molecule has 0 radical (unpaired) electrons. The number of carbonyl (C=O) groups is 4. The van der Waals surface area contributed by atoms with Crippen molar-refractivity contribution in [3.8, 4) is 0 Å². The van der Waals surface area contributed by atoms with Crippen LogP contribution in [0.25, 0.3) is 0 Å². The minimum Gasteiger partial charge on any atom is -0.356 e. The van der Waals surface area contributed by atoms with Crippen molar-refractivity contribution >= 4 is 33.5 Å². The van der Waals surface area contributed by atoms with E-state index in [1.165, 1.54) is 20.8 Å². The molecule has 1 aliphatic carbocycles. The number of piperidine rings is 2. The van der Waals surface area contributed by atoms with Gasteiger partial charge in [0.05, 0.1) is 12.0 Å². The Morgan fingerprint density at radius 2 is 1.74 bits per heavy atom. The van der Waals surface area contributed by atoms with Crippen LogP contribution in [0.4, 0.5) is 26.3 Å². The molecular formula is C25H34F6N4O6S. The van der Waals surface area contributed by atoms with Gasteiger partial charge in [0, 0.05) is 31.2 Å². The molecule has 0 aromatic carbocycles. The maximum absolute atomic E-state index is 15.1. The van der Waals surface area contributed by atoms with Gasteiger partial charge in [0.2, 0.25) is 32.7 Å². The molecule has 0 unspecified atom stereocenters. The van der Waals surface area contributed by atoms with Gasteiger partial charge in [-0.3, -0.25) is 19.2 Å². The van der Waals surface area contributed by atoms with Crippen LogP contribution in [0.5, 0.6) is 0 Å². The molecule has 3 heterocycles. The van der Waals surface area contributed by atoms with Crippen molar-refractivity contribution in [2.24, 2.45) is 17.3 Å². The van der Waals surface area contributed by atoms with Crippen LogP contribution in [-0.2, 0) is 29.0 Å². The van der Waals surface area contributed by atoms with Gasteiger partial charge < -0.3 is 20.9 Å². The van der Waals surface area contributed by atoms with Crippen LogP contribution >= 0.6 is 0 Å². The van der Waals surface area contributed by atoms with E-state index in [2.05, 4.69) is 10.6 Å². The molecule has 238 valence electrons. The van der Waals surface area contributed by atoms with E-state index in [-0.39, 0.29) is 32.2 Å². The fourth-order valence-corrected chi connectivity index (χ4v) is 6.14. The Kier molecular flexibility index (Phi) is 9.36. The summed E-state index contributed by atoms with van der Waals surface area (Å²) in [6, 6.07) is -6.56. The lowest BCUT2D eigenvalue weighted by Gasteiger charge is -2.55. The van der Waals surface area contributed by atoms with Crippen LogP contribution < -0.4 is 16.0 Å². The molecule has 4 amide bonds. The van der Waals surface area contributed by atoms with Gasteiger partial charge in [-0.05, 0) is 37.2 Å². The normalized spacial score (nSPS) is 27.7. The minimum atomic E-state index is -5.36. The number of carbonyl (C=O) groups excluding carboxylic acids is 4. The van der Waals surface area contributed by atoms with E-state index in [0.717, 1.165) is 4.90 Å². The molecule has 10 nitrogen and oxygen atoms in total. The summed E-state index contributed by atoms with van der Waals surface area (Å²) >= 11 is 0. The minimum absolute atomic E-state index is 0.00808. The van der Waals surface area contributed by atoms with Crippen LogP contribution in [-0.4, -0.2) is 86.0 Å². The lowest BCUT2D eigenvalue weighted by Crippen LogP contribution is -2.71. The maximum Gasteiger partial charge on any atom is 0.471 e. The highest BCUT2D eigenvalue weighted by Crippen LogP contribution is 2.49. The Labute approximate surface area is 238 Å². The third kappa shape index (κ3) is 7.37. The van der Waals surface area contributed by atoms with Crippen molar-refractivity contribution in [1.29, 1.82) is 0 Å². The fraction of sp³-hybridized carbons (Fsp3) is 0.760. The highest BCUT2D eigenvalue weighted by molar-refractivity contribution is 7.94. The van der Waals surface area contributed by atoms with Gasteiger partial charge in [0.1, 0.15) is 12.1 Å². The summed E-state index contributed by atoms with van der Waals surface area (Å²) in [7, 11) is -4.38. The standard InChI is InChI=1S/C25H34F6N4O6S/c1-23(2,3)18(34-22(39)25(29,30)31)21(38)35-14-5-6-15(24(27,28)11-14)17(35)20(37)33-13(10-16(26)42(4,40)41)9-12-7-8-32-19(12)36/h10,12-15,17-18H,5-9,11H2,1-4H3,(H,32,36)(H,33,37)(H,34,39)/b16-10-/t12-,13+,14-,15-,17-,18-/m0/s1. The molecule has 42 heavy (non-hydrogen) atoms. The fourth-order valence-electron chi connectivity index (χ4n) is 5.73. The molecule has 17 heteroatoms. The Morgan fingerprint density at radius 3 is 2.21 bits per heavy atom. The largest absolute Gasteiger partial charge is 0.471 e. The average Bonchev–Trinajstić information content (AvgIpc) is 3.22. The number of fused-ring (bicyclic) bond motifs is 3. The molecule has 4 aliphatic rings. The monoisotopic (exact) mass is 632 g/mol. The number of hydrogen-bond acceptors (Lipinski definition) is 6. The van der Waals surface area contributed by atoms with Crippen LogP contribution in [0.15, 0.2) is 11.2 Å². The lowest BCUT2D eigenvalue weighted by molar-refractivity contribution is -0.197. The van der Waals surface area contributed by atoms with E-state index in [1.807, 2.05) is 0 Å². The van der Waals surface area contributed by atoms with Gasteiger partial charge in [-0.1, -0.05) is 20.8 Å². The van der Waals surface area contributed by atoms with Crippen LogP contribution in [0.1, 0.15) is 52.9 Å². The lowest BCUT2D eigenvalue weighted by atomic mass is 9.70. The van der Waals surface area contributed by atoms with Gasteiger partial charge >= 0.3 is 12.1 Å². The Bertz CT molecular complexity index is 1250. The quantitative estimate of drug-likeness (QED) is 0.350. The number of nitrogens with one attached hydrogen (secondary N) is 3. The molecule has 0 aromatic heterocycles. The van der Waals surface area contributed by atoms with E-state index in [9.17, 15) is 45.2 Å². The van der Waals surface area contributed by atoms with Gasteiger partial charge in [-0.15, -0.1) is 0 Å². The van der Waals surface area contributed by atoms with Crippen molar-refractivity contribution in [1.82, 2.24) is 20.9 Å². The molecule has 3 saturated heterocycles. The van der Waals surface area contributed by atoms with E-state index in [1.54, 1.807) is 5.32 Å². The maximum atomic E-state index is 15.1. The van der Waals surface area contributed by atoms with Crippen molar-refractivity contribution < 1.29 is 53.9 Å². The summed E-state index contributed by atoms with van der Waals surface area (Å²) in [4.78, 5) is 52.0. The number of sulfone groups is 1. The third-order valence-corrected chi connectivity index (χ3v) is 8.66. The highest BCUT2D eigenvalue weighted by atomic mass is 32.2. The number of alkyl halides is 5. The Hall–Kier alpha value is -2.85. The molecule has 3 aliphatic heterocycles. The molecular weight excluding hydrogens is 598 g/mol. The van der Waals surface area contributed by atoms with Crippen LogP contribution in [0.3, 0.4) is 0 Å². The second-order valence-corrected chi connectivity index (χ2v) is 14.1. The number of hydrogen-bond donors (Lipinski definition) is 3. The molecule has 3 N–H and O–H groups in total. The molecule has 4 rings (SSSR count). The zero-order valence-electron chi connectivity index (χ0n) is 23.4. The van der Waals surface area contributed by atoms with Crippen LogP contribution in [0, 0.1) is 17.3 Å². The molecule has 1 saturated carbocycles. The summed E-state index contributed by atoms with van der Waals surface area (Å²) < 4.78 is 107. The van der Waals surface area contributed by atoms with Crippen molar-refractivity contribution in [3.05, 3.63) is 11.2 Å². The first-order chi connectivity index (χ1) is 19.0. The zero-order valence-corrected chi connectivity index (χ0v) is 24.2. The van der Waals surface area contributed by atoms with Crippen molar-refractivity contribution in [3.63, 3.8) is 0 Å². The van der Waals surface area contributed by atoms with Gasteiger partial charge in [0.25, 0.3) is 5.92 Å². The van der Waals surface area contributed by atoms with Gasteiger partial charge in [-0.25, -0.2) is 17.2 Å². The van der Waals surface area contributed by atoms with Gasteiger partial charge in [0.15, 0.2) is 0 Å². The number of nitrogens with zero attached hydrogens (tertiary/aromatic N) is 1. The highest BCUT2D eigenvalue weighted by Gasteiger charge is 2.61. The zero-order chi connectivity index (χ0) is 32.0. The predicted octanol–water partition coefficient (Wildman–Crippen LogP) is 1.96. The summed E-state index contributed by atoms with van der Waals surface area (Å²) in [5.74, 6) is -11.3. The number of rotatable bonds is 8. The first-order valence-corrected chi connectivity index (χ1v) is 15.2. The Morgan fingerprint density at radius 1 is 1.12 bits per heavy atom. The van der Waals surface area contributed by atoms with E-state index < -0.39 is 98.6 Å². The smallest absolute Gasteiger partial charge is 0.356 e. The van der Waals surface area contributed by atoms with E-state index in [4.69, 9.17) is 0 Å². The number of halogens is 6. The third-order valence-electron chi connectivity index (χ3n) is 7.82. The predicted molar refractivity (Wildman–Crippen MR) is 136 cm³/mol. The van der Waals surface area contributed by atoms with Crippen molar-refractivity contribution in [2.75, 3.05) is 12.8 Å². The van der Waals surface area contributed by atoms with E-state index in [0.29, 0.717) is 12.3 Å². The molecule has 2 bridgehead atoms. The average molecular weight is 633 g/mol. The summed E-state index contributed by atoms with van der Waals surface area (Å²) in [6.45, 7) is 4.31. The summed E-state index contributed by atoms with van der Waals surface area (Å²) in [5.41, 5.74) is -1.35. The molecule has 0 aromatic rings. The SMILES string of the molecule is CC(C)(C)[C@@H](NC(=O)C(F)(F)F)C(=O)N1[C@H]2CC[C@@H]([C@H]1C(=O)N[C@@H](/C=C(/F)S(C)(=O)=O)C[C@@H]1CCNC1=O)C(F)(F)C2. The molecule has 4 fully saturated rings. The molecule has 6 atom stereocenters. The summed E-state index contributed by atoms with van der Waals surface area (Å²) in [6.07, 6.45) is -5.38. The van der Waals surface area contributed by atoms with Gasteiger partial charge in [-0.2, -0.15) is 17.6 Å². The molecule has 0 spiro atoms. The topological polar surface area (TPSA) is 142 Å². The first kappa shape index (κ1) is 33.6. The second-order valence-electron chi connectivity index (χ2n) is 12.1.